The first-order valence-electron chi connectivity index (χ1n) is 30.8. The van der Waals surface area contributed by atoms with E-state index in [1.807, 2.05) is 12.1 Å². The number of hydrogen-bond acceptors (Lipinski definition) is 4. The van der Waals surface area contributed by atoms with E-state index in [-0.39, 0.29) is 0 Å². The lowest BCUT2D eigenvalue weighted by molar-refractivity contribution is 0.792. The van der Waals surface area contributed by atoms with Gasteiger partial charge in [0.2, 0.25) is 0 Å². The van der Waals surface area contributed by atoms with Crippen molar-refractivity contribution in [3.63, 3.8) is 0 Å². The third-order valence-electron chi connectivity index (χ3n) is 18.3. The van der Waals surface area contributed by atoms with Crippen LogP contribution in [0, 0.1) is 22.7 Å². The third-order valence-corrected chi connectivity index (χ3v) is 18.3. The fraction of sp³-hybridized carbons (Fsp3) is 0.0115. The summed E-state index contributed by atoms with van der Waals surface area (Å²) in [6.07, 6.45) is 0. The van der Waals surface area contributed by atoms with E-state index in [4.69, 9.17) is 0 Å². The summed E-state index contributed by atoms with van der Waals surface area (Å²) < 4.78 is 0. The summed E-state index contributed by atoms with van der Waals surface area (Å²) in [7, 11) is 0. The molecule has 4 heteroatoms. The molecule has 16 rings (SSSR count). The Labute approximate surface area is 531 Å². The van der Waals surface area contributed by atoms with Gasteiger partial charge < -0.3 is 9.80 Å². The monoisotopic (exact) mass is 1160 g/mol. The molecule has 0 amide bonds. The molecule has 0 radical (unpaired) electrons. The first-order chi connectivity index (χ1) is 45.0. The van der Waals surface area contributed by atoms with Crippen molar-refractivity contribution in [2.45, 2.75) is 5.41 Å². The second-order valence-electron chi connectivity index (χ2n) is 23.5. The van der Waals surface area contributed by atoms with Gasteiger partial charge in [-0.2, -0.15) is 10.5 Å². The number of fused-ring (bicyclic) bond motifs is 10. The lowest BCUT2D eigenvalue weighted by Gasteiger charge is -2.33. The molecule has 0 bridgehead atoms. The topological polar surface area (TPSA) is 54.1 Å². The highest BCUT2D eigenvalue weighted by atomic mass is 15.1. The molecule has 2 aliphatic rings. The molecule has 91 heavy (non-hydrogen) atoms. The predicted octanol–water partition coefficient (Wildman–Crippen LogP) is 22.7. The molecular weight excluding hydrogens is 1100 g/mol. The highest BCUT2D eigenvalue weighted by molar-refractivity contribution is 5.99. The van der Waals surface area contributed by atoms with Crippen LogP contribution in [0.15, 0.2) is 340 Å². The second kappa shape index (κ2) is 22.7. The van der Waals surface area contributed by atoms with Gasteiger partial charge in [0.1, 0.15) is 0 Å². The summed E-state index contributed by atoms with van der Waals surface area (Å²) in [5.74, 6) is 0. The normalized spacial score (nSPS) is 12.0. The van der Waals surface area contributed by atoms with Crippen molar-refractivity contribution >= 4 is 34.1 Å². The van der Waals surface area contributed by atoms with Crippen LogP contribution >= 0.6 is 0 Å². The van der Waals surface area contributed by atoms with Gasteiger partial charge in [0, 0.05) is 34.1 Å². The summed E-state index contributed by atoms with van der Waals surface area (Å²) in [5.41, 5.74) is 27.7. The zero-order valence-corrected chi connectivity index (χ0v) is 49.6. The van der Waals surface area contributed by atoms with E-state index in [1.165, 1.54) is 0 Å². The molecule has 14 aromatic carbocycles. The minimum Gasteiger partial charge on any atom is -0.310 e. The summed E-state index contributed by atoms with van der Waals surface area (Å²) in [6, 6.07) is 127. The summed E-state index contributed by atoms with van der Waals surface area (Å²) in [4.78, 5) is 4.80. The summed E-state index contributed by atoms with van der Waals surface area (Å²) >= 11 is 0. The van der Waals surface area contributed by atoms with Crippen LogP contribution in [-0.4, -0.2) is 0 Å². The SMILES string of the molecule is N#Cc1ccc2c(c1)C1(c3cc(C#N)ccc3-2)c2cc(N(c3ccc(-c4ccccc4)cc3)c3cc(-c4ccccc4)cc(-c4ccccc4)c3)ccc2-c2ccc(N(c3ccc(-c4ccccc4)cc3)c3cc(-c4ccccc4)cc(-c4ccccc4)c3)cc21. The first-order valence-corrected chi connectivity index (χ1v) is 30.8. The van der Waals surface area contributed by atoms with Gasteiger partial charge in [0.25, 0.3) is 0 Å². The van der Waals surface area contributed by atoms with E-state index in [9.17, 15) is 10.5 Å². The van der Waals surface area contributed by atoms with Crippen LogP contribution in [-0.2, 0) is 5.41 Å². The number of anilines is 6. The van der Waals surface area contributed by atoms with E-state index < -0.39 is 5.41 Å². The molecule has 0 unspecified atom stereocenters. The maximum atomic E-state index is 10.9. The molecule has 0 aliphatic heterocycles. The number of hydrogen-bond donors (Lipinski definition) is 0. The molecular formula is C87H56N4. The third kappa shape index (κ3) is 9.56. The zero-order valence-electron chi connectivity index (χ0n) is 49.6. The molecule has 4 nitrogen and oxygen atoms in total. The molecule has 0 aromatic heterocycles. The average Bonchev–Trinajstić information content (AvgIpc) is 1.52. The molecule has 0 atom stereocenters. The molecule has 0 heterocycles. The van der Waals surface area contributed by atoms with Crippen molar-refractivity contribution in [3.05, 3.63) is 373 Å². The maximum Gasteiger partial charge on any atom is 0.0991 e. The largest absolute Gasteiger partial charge is 0.310 e. The highest BCUT2D eigenvalue weighted by Gasteiger charge is 2.52. The fourth-order valence-corrected chi connectivity index (χ4v) is 14.1. The van der Waals surface area contributed by atoms with Crippen molar-refractivity contribution in [2.75, 3.05) is 9.80 Å². The van der Waals surface area contributed by atoms with Crippen LogP contribution in [0.4, 0.5) is 34.1 Å². The van der Waals surface area contributed by atoms with Gasteiger partial charge in [-0.05, 0) is 220 Å². The van der Waals surface area contributed by atoms with Gasteiger partial charge in [-0.3, -0.25) is 0 Å². The Morgan fingerprint density at radius 3 is 0.725 bits per heavy atom. The minimum absolute atomic E-state index is 0.561. The van der Waals surface area contributed by atoms with Crippen LogP contribution in [0.3, 0.4) is 0 Å². The fourth-order valence-electron chi connectivity index (χ4n) is 14.1. The van der Waals surface area contributed by atoms with E-state index in [0.717, 1.165) is 145 Å². The molecule has 2 aliphatic carbocycles. The van der Waals surface area contributed by atoms with E-state index >= 15 is 0 Å². The summed E-state index contributed by atoms with van der Waals surface area (Å²) in [6.45, 7) is 0. The lowest BCUT2D eigenvalue weighted by Crippen LogP contribution is -2.27. The van der Waals surface area contributed by atoms with Gasteiger partial charge in [-0.15, -0.1) is 0 Å². The van der Waals surface area contributed by atoms with Crippen LogP contribution in [0.5, 0.6) is 0 Å². The van der Waals surface area contributed by atoms with Crippen LogP contribution in [0.1, 0.15) is 33.4 Å². The molecule has 424 valence electrons. The van der Waals surface area contributed by atoms with Crippen molar-refractivity contribution in [2.24, 2.45) is 0 Å². The quantitative estimate of drug-likeness (QED) is 0.122. The van der Waals surface area contributed by atoms with Crippen LogP contribution in [0.2, 0.25) is 0 Å². The van der Waals surface area contributed by atoms with E-state index in [2.05, 4.69) is 350 Å². The predicted molar refractivity (Wildman–Crippen MR) is 374 cm³/mol. The Morgan fingerprint density at radius 2 is 0.440 bits per heavy atom. The Bertz CT molecular complexity index is 4710. The highest BCUT2D eigenvalue weighted by Crippen LogP contribution is 2.64. The zero-order chi connectivity index (χ0) is 60.8. The molecule has 14 aromatic rings. The van der Waals surface area contributed by atoms with Crippen molar-refractivity contribution < 1.29 is 0 Å². The Kier molecular flexibility index (Phi) is 13.5. The number of nitriles is 2. The van der Waals surface area contributed by atoms with Gasteiger partial charge >= 0.3 is 0 Å². The van der Waals surface area contributed by atoms with Gasteiger partial charge in [0.05, 0.1) is 28.7 Å². The first kappa shape index (κ1) is 54.1. The Hall–Kier alpha value is -12.3. The van der Waals surface area contributed by atoms with Gasteiger partial charge in [0.15, 0.2) is 0 Å². The van der Waals surface area contributed by atoms with Crippen LogP contribution < -0.4 is 9.80 Å². The van der Waals surface area contributed by atoms with Crippen molar-refractivity contribution in [3.8, 4) is 101 Å². The average molecular weight is 1160 g/mol. The Balaban J connectivity index is 0.959. The molecule has 0 N–H and O–H groups in total. The van der Waals surface area contributed by atoms with Gasteiger partial charge in [-0.25, -0.2) is 0 Å². The summed E-state index contributed by atoms with van der Waals surface area (Å²) in [5, 5.41) is 21.8. The maximum absolute atomic E-state index is 10.9. The Morgan fingerprint density at radius 1 is 0.198 bits per heavy atom. The number of rotatable bonds is 12. The minimum atomic E-state index is -1.01. The molecule has 0 saturated carbocycles. The van der Waals surface area contributed by atoms with Crippen molar-refractivity contribution in [1.29, 1.82) is 10.5 Å². The lowest BCUT2D eigenvalue weighted by atomic mass is 9.70. The van der Waals surface area contributed by atoms with Crippen LogP contribution in [0.25, 0.3) is 89.0 Å². The van der Waals surface area contributed by atoms with E-state index in [1.54, 1.807) is 0 Å². The van der Waals surface area contributed by atoms with E-state index in [0.29, 0.717) is 11.1 Å². The second-order valence-corrected chi connectivity index (χ2v) is 23.5. The van der Waals surface area contributed by atoms with Crippen molar-refractivity contribution in [1.82, 2.24) is 0 Å². The number of nitrogens with zero attached hydrogens (tertiary/aromatic N) is 4. The smallest absolute Gasteiger partial charge is 0.0991 e. The molecule has 0 fully saturated rings. The molecule has 1 spiro atoms. The van der Waals surface area contributed by atoms with Gasteiger partial charge in [-0.1, -0.05) is 231 Å². The molecule has 0 saturated heterocycles. The number of benzene rings is 14. The standard InChI is InChI=1S/C87H56N4/c88-57-59-31-43-79-80-44-32-60(58-89)48-84(80)87(83(79)47-59)85-55-75(90(73-37-33-67(34-38-73)61-19-7-1-8-20-61)77-51-69(63-23-11-3-12-24-63)49-70(52-77)64-25-13-4-14-26-64)41-45-81(85)82-46-42-76(56-86(82)87)91(74-39-35-68(36-40-74)62-21-9-2-10-22-62)78-53-71(65-27-15-5-16-28-65)50-72(54-78)66-29-17-6-18-30-66/h1-56H.